The molecule has 3 nitrogen and oxygen atoms in total. The number of imidazole rings is 1. The van der Waals surface area contributed by atoms with Crippen molar-refractivity contribution in [3.05, 3.63) is 12.5 Å². The van der Waals surface area contributed by atoms with E-state index in [9.17, 15) is 0 Å². The van der Waals surface area contributed by atoms with Crippen molar-refractivity contribution >= 4 is 22.3 Å². The van der Waals surface area contributed by atoms with Gasteiger partial charge < -0.3 is 8.80 Å². The Kier molecular flexibility index (Phi) is 6.72. The fraction of sp³-hybridized carbons (Fsp3) is 0.812. The minimum absolute atomic E-state index is 1.27. The molecule has 0 amide bonds. The smallest absolute Gasteiger partial charge is 0.148 e. The summed E-state index contributed by atoms with van der Waals surface area (Å²) in [7, 11) is -0.815. The summed E-state index contributed by atoms with van der Waals surface area (Å²) in [6, 6.07) is 8.03. The summed E-state index contributed by atoms with van der Waals surface area (Å²) in [5.74, 6) is 1.27. The maximum Gasteiger partial charge on any atom is 0.148 e. The van der Waals surface area contributed by atoms with E-state index >= 15 is 0 Å². The van der Waals surface area contributed by atoms with Gasteiger partial charge in [-0.3, -0.25) is 0 Å². The van der Waals surface area contributed by atoms with Crippen molar-refractivity contribution < 1.29 is 0 Å². The van der Waals surface area contributed by atoms with Crippen LogP contribution in [-0.2, 0) is 7.05 Å². The first kappa shape index (κ1) is 18.5. The van der Waals surface area contributed by atoms with Crippen molar-refractivity contribution in [1.29, 1.82) is 0 Å². The Morgan fingerprint density at radius 2 is 1.24 bits per heavy atom. The first-order valence-electron chi connectivity index (χ1n) is 8.77. The summed E-state index contributed by atoms with van der Waals surface area (Å²) in [5, 5.41) is 0. The zero-order chi connectivity index (χ0) is 16.1. The monoisotopic (exact) mass is 325 g/mol. The van der Waals surface area contributed by atoms with Crippen molar-refractivity contribution in [1.82, 2.24) is 9.55 Å². The lowest BCUT2D eigenvalue weighted by Gasteiger charge is -2.52. The molecule has 1 heterocycles. The molecular weight excluding hydrogens is 290 g/mol. The van der Waals surface area contributed by atoms with Gasteiger partial charge in [-0.2, -0.15) is 0 Å². The summed E-state index contributed by atoms with van der Waals surface area (Å²) in [6.07, 6.45) is 4.23. The second-order valence-electron chi connectivity index (χ2n) is 6.30. The van der Waals surface area contributed by atoms with Gasteiger partial charge in [-0.05, 0) is 36.3 Å². The molecule has 0 saturated heterocycles. The Morgan fingerprint density at radius 1 is 0.857 bits per heavy atom. The van der Waals surface area contributed by atoms with Gasteiger partial charge >= 0.3 is 0 Å². The van der Waals surface area contributed by atoms with Crippen molar-refractivity contribution in [2.45, 2.75) is 77.8 Å². The summed E-state index contributed by atoms with van der Waals surface area (Å²) >= 11 is 0. The summed E-state index contributed by atoms with van der Waals surface area (Å²) < 4.78 is 5.07. The first-order valence-corrected chi connectivity index (χ1v) is 13.9. The third kappa shape index (κ3) is 3.28. The van der Waals surface area contributed by atoms with Gasteiger partial charge in [0.2, 0.25) is 0 Å². The molecule has 0 saturated carbocycles. The summed E-state index contributed by atoms with van der Waals surface area (Å²) in [4.78, 5) is 4.79. The number of rotatable bonds is 9. The van der Waals surface area contributed by atoms with Gasteiger partial charge in [-0.25, -0.2) is 4.98 Å². The standard InChI is InChI=1S/C16H35N3Si2/c1-8-20(9-2,10-3)19(16-14-18(7)15-17-16)21(11-4,12-5)13-6/h14-15H,8-13H2,1-7H3. The number of anilines is 1. The van der Waals surface area contributed by atoms with E-state index in [1.54, 1.807) is 0 Å². The topological polar surface area (TPSA) is 21.1 Å². The molecule has 1 aromatic rings. The molecule has 1 aromatic heterocycles. The Balaban J connectivity index is 3.48. The fourth-order valence-corrected chi connectivity index (χ4v) is 16.9. The molecule has 0 radical (unpaired) electrons. The summed E-state index contributed by atoms with van der Waals surface area (Å²) in [6.45, 7) is 14.5. The van der Waals surface area contributed by atoms with Crippen LogP contribution in [0.5, 0.6) is 0 Å². The molecule has 0 aromatic carbocycles. The molecular formula is C16H35N3Si2. The van der Waals surface area contributed by atoms with Crippen molar-refractivity contribution in [2.24, 2.45) is 7.05 Å². The van der Waals surface area contributed by atoms with E-state index in [-0.39, 0.29) is 0 Å². The highest BCUT2D eigenvalue weighted by Crippen LogP contribution is 2.38. The van der Waals surface area contributed by atoms with E-state index < -0.39 is 16.5 Å². The summed E-state index contributed by atoms with van der Waals surface area (Å²) in [5.41, 5.74) is 0. The predicted octanol–water partition coefficient (Wildman–Crippen LogP) is 5.24. The predicted molar refractivity (Wildman–Crippen MR) is 100 cm³/mol. The van der Waals surface area contributed by atoms with Gasteiger partial charge in [0, 0.05) is 13.2 Å². The van der Waals surface area contributed by atoms with Crippen molar-refractivity contribution in [3.63, 3.8) is 0 Å². The van der Waals surface area contributed by atoms with Gasteiger partial charge in [0.25, 0.3) is 0 Å². The zero-order valence-corrected chi connectivity index (χ0v) is 17.2. The Labute approximate surface area is 133 Å². The van der Waals surface area contributed by atoms with Crippen molar-refractivity contribution in [2.75, 3.05) is 4.23 Å². The molecule has 0 aliphatic heterocycles. The number of aryl methyl sites for hydroxylation is 1. The van der Waals surface area contributed by atoms with Crippen LogP contribution >= 0.6 is 0 Å². The highest BCUT2D eigenvalue weighted by molar-refractivity contribution is 7.02. The quantitative estimate of drug-likeness (QED) is 0.579. The highest BCUT2D eigenvalue weighted by Gasteiger charge is 2.47. The first-order chi connectivity index (χ1) is 9.98. The average molecular weight is 326 g/mol. The van der Waals surface area contributed by atoms with E-state index in [0.717, 1.165) is 0 Å². The van der Waals surface area contributed by atoms with Gasteiger partial charge in [-0.1, -0.05) is 41.5 Å². The van der Waals surface area contributed by atoms with E-state index in [2.05, 4.69) is 63.6 Å². The lowest BCUT2D eigenvalue weighted by Crippen LogP contribution is -2.66. The van der Waals surface area contributed by atoms with Crippen LogP contribution in [0.15, 0.2) is 12.5 Å². The van der Waals surface area contributed by atoms with Crippen molar-refractivity contribution in [3.8, 4) is 0 Å². The maximum atomic E-state index is 4.79. The van der Waals surface area contributed by atoms with Crippen LogP contribution in [0.4, 0.5) is 5.82 Å². The van der Waals surface area contributed by atoms with Crippen LogP contribution in [-0.4, -0.2) is 26.0 Å². The largest absolute Gasteiger partial charge is 0.407 e. The third-order valence-corrected chi connectivity index (χ3v) is 18.9. The van der Waals surface area contributed by atoms with E-state index in [4.69, 9.17) is 4.98 Å². The molecule has 122 valence electrons. The molecule has 0 bridgehead atoms. The molecule has 0 aliphatic carbocycles. The Bertz CT molecular complexity index is 386. The highest BCUT2D eigenvalue weighted by atomic mass is 28.4. The molecule has 0 atom stereocenters. The SMILES string of the molecule is CC[Si](CC)(CC)N(c1cn(C)cn1)[Si](CC)(CC)CC. The minimum atomic E-state index is -1.45. The maximum absolute atomic E-state index is 4.79. The normalized spacial score (nSPS) is 12.7. The molecule has 0 spiro atoms. The van der Waals surface area contributed by atoms with Crippen LogP contribution < -0.4 is 4.23 Å². The van der Waals surface area contributed by atoms with Gasteiger partial charge in [0.15, 0.2) is 0 Å². The molecule has 0 aliphatic rings. The molecule has 21 heavy (non-hydrogen) atoms. The van der Waals surface area contributed by atoms with E-state index in [1.807, 2.05) is 6.33 Å². The molecule has 1 rings (SSSR count). The fourth-order valence-electron chi connectivity index (χ4n) is 3.95. The Morgan fingerprint density at radius 3 is 1.48 bits per heavy atom. The lowest BCUT2D eigenvalue weighted by molar-refractivity contribution is 0.913. The van der Waals surface area contributed by atoms with Gasteiger partial charge in [-0.15, -0.1) is 0 Å². The van der Waals surface area contributed by atoms with Gasteiger partial charge in [0.1, 0.15) is 22.3 Å². The second-order valence-corrected chi connectivity index (χ2v) is 16.8. The number of hydrogen-bond acceptors (Lipinski definition) is 2. The average Bonchev–Trinajstić information content (AvgIpc) is 2.95. The lowest BCUT2D eigenvalue weighted by atomic mass is 10.8. The van der Waals surface area contributed by atoms with Crippen LogP contribution in [0, 0.1) is 0 Å². The van der Waals surface area contributed by atoms with Crippen LogP contribution in [0.1, 0.15) is 41.5 Å². The zero-order valence-electron chi connectivity index (χ0n) is 15.2. The van der Waals surface area contributed by atoms with Gasteiger partial charge in [0.05, 0.1) is 6.33 Å². The molecule has 0 N–H and O–H groups in total. The van der Waals surface area contributed by atoms with Crippen LogP contribution in [0.3, 0.4) is 0 Å². The number of nitrogens with zero attached hydrogens (tertiary/aromatic N) is 3. The number of aromatic nitrogens is 2. The van der Waals surface area contributed by atoms with E-state index in [1.165, 1.54) is 42.1 Å². The minimum Gasteiger partial charge on any atom is -0.407 e. The van der Waals surface area contributed by atoms with Crippen LogP contribution in [0.25, 0.3) is 0 Å². The third-order valence-electron chi connectivity index (χ3n) is 5.82. The van der Waals surface area contributed by atoms with Crippen LogP contribution in [0.2, 0.25) is 36.3 Å². The molecule has 0 fully saturated rings. The number of hydrogen-bond donors (Lipinski definition) is 0. The second kappa shape index (κ2) is 7.63. The molecule has 5 heteroatoms. The van der Waals surface area contributed by atoms with E-state index in [0.29, 0.717) is 0 Å². The molecule has 0 unspecified atom stereocenters. The Hall–Kier alpha value is -0.556.